The number of carbonyl (C=O) groups excluding carboxylic acids is 1. The van der Waals surface area contributed by atoms with Crippen molar-refractivity contribution in [1.29, 1.82) is 0 Å². The van der Waals surface area contributed by atoms with E-state index in [2.05, 4.69) is 18.3 Å². The number of hydrogen-bond donors (Lipinski definition) is 1. The van der Waals surface area contributed by atoms with Gasteiger partial charge in [0, 0.05) is 37.2 Å². The average Bonchev–Trinajstić information content (AvgIpc) is 2.59. The first-order valence-electron chi connectivity index (χ1n) is 8.20. The van der Waals surface area contributed by atoms with E-state index in [0.717, 1.165) is 44.6 Å². The minimum absolute atomic E-state index is 0.0905. The summed E-state index contributed by atoms with van der Waals surface area (Å²) in [6, 6.07) is 8.12. The molecular formula is C18H27NO3. The van der Waals surface area contributed by atoms with Gasteiger partial charge in [-0.2, -0.15) is 0 Å². The van der Waals surface area contributed by atoms with Crippen LogP contribution >= 0.6 is 0 Å². The molecule has 0 radical (unpaired) electrons. The van der Waals surface area contributed by atoms with Crippen LogP contribution in [0.5, 0.6) is 5.75 Å². The van der Waals surface area contributed by atoms with Crippen molar-refractivity contribution in [3.05, 3.63) is 29.8 Å². The largest absolute Gasteiger partial charge is 0.496 e. The molecule has 122 valence electrons. The zero-order chi connectivity index (χ0) is 15.8. The number of methoxy groups -OCH3 is 1. The van der Waals surface area contributed by atoms with Crippen molar-refractivity contribution in [2.45, 2.75) is 44.4 Å². The molecule has 1 fully saturated rings. The molecule has 0 bridgehead atoms. The van der Waals surface area contributed by atoms with Crippen LogP contribution in [0, 0.1) is 0 Å². The van der Waals surface area contributed by atoms with E-state index in [1.807, 2.05) is 18.2 Å². The monoisotopic (exact) mass is 305 g/mol. The van der Waals surface area contributed by atoms with E-state index < -0.39 is 0 Å². The zero-order valence-electron chi connectivity index (χ0n) is 13.7. The summed E-state index contributed by atoms with van der Waals surface area (Å²) in [7, 11) is 1.70. The molecule has 0 atom stereocenters. The number of hydrogen-bond acceptors (Lipinski definition) is 3. The maximum Gasteiger partial charge on any atom is 0.220 e. The molecule has 0 saturated carbocycles. The van der Waals surface area contributed by atoms with E-state index in [9.17, 15) is 4.79 Å². The van der Waals surface area contributed by atoms with Gasteiger partial charge in [-0.25, -0.2) is 0 Å². The minimum Gasteiger partial charge on any atom is -0.496 e. The molecule has 4 nitrogen and oxygen atoms in total. The van der Waals surface area contributed by atoms with Crippen LogP contribution in [-0.2, 0) is 14.9 Å². The third-order valence-corrected chi connectivity index (χ3v) is 4.51. The molecule has 1 aromatic carbocycles. The van der Waals surface area contributed by atoms with E-state index in [4.69, 9.17) is 9.47 Å². The fourth-order valence-corrected chi connectivity index (χ4v) is 3.08. The van der Waals surface area contributed by atoms with Crippen LogP contribution in [0.15, 0.2) is 24.3 Å². The summed E-state index contributed by atoms with van der Waals surface area (Å²) in [6.45, 7) is 4.20. The standard InChI is InChI=1S/C18H27NO3/c1-3-4-9-17(20)19-14-18(10-12-22-13-11-18)15-7-5-6-8-16(15)21-2/h5-8H,3-4,9-14H2,1-2H3,(H,19,20). The lowest BCUT2D eigenvalue weighted by molar-refractivity contribution is -0.121. The zero-order valence-corrected chi connectivity index (χ0v) is 13.7. The second-order valence-electron chi connectivity index (χ2n) is 5.97. The molecule has 1 aromatic rings. The van der Waals surface area contributed by atoms with Crippen molar-refractivity contribution in [3.63, 3.8) is 0 Å². The van der Waals surface area contributed by atoms with Gasteiger partial charge < -0.3 is 14.8 Å². The molecule has 1 saturated heterocycles. The van der Waals surface area contributed by atoms with Crippen LogP contribution < -0.4 is 10.1 Å². The lowest BCUT2D eigenvalue weighted by Crippen LogP contribution is -2.44. The summed E-state index contributed by atoms with van der Waals surface area (Å²) >= 11 is 0. The van der Waals surface area contributed by atoms with E-state index in [1.165, 1.54) is 5.56 Å². The van der Waals surface area contributed by atoms with Gasteiger partial charge in [0.2, 0.25) is 5.91 Å². The van der Waals surface area contributed by atoms with Gasteiger partial charge >= 0.3 is 0 Å². The summed E-state index contributed by atoms with van der Waals surface area (Å²) in [4.78, 5) is 12.0. The highest BCUT2D eigenvalue weighted by Crippen LogP contribution is 2.39. The van der Waals surface area contributed by atoms with Gasteiger partial charge in [-0.15, -0.1) is 0 Å². The molecule has 0 unspecified atom stereocenters. The fraction of sp³-hybridized carbons (Fsp3) is 0.611. The van der Waals surface area contributed by atoms with E-state index in [1.54, 1.807) is 7.11 Å². The molecule has 1 amide bonds. The minimum atomic E-state index is -0.0905. The molecule has 1 aliphatic heterocycles. The van der Waals surface area contributed by atoms with E-state index in [0.29, 0.717) is 13.0 Å². The molecule has 2 rings (SSSR count). The normalized spacial score (nSPS) is 17.0. The Kier molecular flexibility index (Phi) is 6.25. The van der Waals surface area contributed by atoms with Crippen molar-refractivity contribution in [2.75, 3.05) is 26.9 Å². The Balaban J connectivity index is 2.15. The quantitative estimate of drug-likeness (QED) is 0.842. The highest BCUT2D eigenvalue weighted by Gasteiger charge is 2.36. The van der Waals surface area contributed by atoms with Crippen LogP contribution in [0.1, 0.15) is 44.6 Å². The average molecular weight is 305 g/mol. The smallest absolute Gasteiger partial charge is 0.220 e. The first-order valence-corrected chi connectivity index (χ1v) is 8.20. The van der Waals surface area contributed by atoms with Crippen molar-refractivity contribution in [2.24, 2.45) is 0 Å². The van der Waals surface area contributed by atoms with Gasteiger partial charge in [-0.3, -0.25) is 4.79 Å². The van der Waals surface area contributed by atoms with Crippen molar-refractivity contribution in [3.8, 4) is 5.75 Å². The number of amides is 1. The van der Waals surface area contributed by atoms with Crippen LogP contribution in [0.25, 0.3) is 0 Å². The molecule has 1 N–H and O–H groups in total. The van der Waals surface area contributed by atoms with Crippen LogP contribution in [0.4, 0.5) is 0 Å². The van der Waals surface area contributed by atoms with Crippen molar-refractivity contribution in [1.82, 2.24) is 5.32 Å². The first-order chi connectivity index (χ1) is 10.7. The molecule has 0 aromatic heterocycles. The molecule has 0 spiro atoms. The maximum absolute atomic E-state index is 12.0. The number of nitrogens with one attached hydrogen (secondary N) is 1. The number of benzene rings is 1. The van der Waals surface area contributed by atoms with Crippen LogP contribution in [-0.4, -0.2) is 32.8 Å². The van der Waals surface area contributed by atoms with E-state index in [-0.39, 0.29) is 11.3 Å². The van der Waals surface area contributed by atoms with Gasteiger partial charge in [0.05, 0.1) is 7.11 Å². The Morgan fingerprint density at radius 3 is 2.73 bits per heavy atom. The number of para-hydroxylation sites is 1. The Morgan fingerprint density at radius 2 is 2.05 bits per heavy atom. The number of unbranched alkanes of at least 4 members (excludes halogenated alkanes) is 1. The number of carbonyl (C=O) groups is 1. The Morgan fingerprint density at radius 1 is 1.32 bits per heavy atom. The Bertz CT molecular complexity index is 481. The lowest BCUT2D eigenvalue weighted by Gasteiger charge is -2.38. The second-order valence-corrected chi connectivity index (χ2v) is 5.97. The topological polar surface area (TPSA) is 47.6 Å². The third kappa shape index (κ3) is 4.01. The SMILES string of the molecule is CCCCC(=O)NCC1(c2ccccc2OC)CCOCC1. The second kappa shape index (κ2) is 8.18. The highest BCUT2D eigenvalue weighted by molar-refractivity contribution is 5.76. The molecule has 22 heavy (non-hydrogen) atoms. The number of rotatable bonds is 7. The van der Waals surface area contributed by atoms with Gasteiger partial charge in [-0.1, -0.05) is 31.5 Å². The summed E-state index contributed by atoms with van der Waals surface area (Å²) in [5, 5.41) is 3.13. The predicted octanol–water partition coefficient (Wildman–Crippen LogP) is 3.05. The predicted molar refractivity (Wildman–Crippen MR) is 87.3 cm³/mol. The maximum atomic E-state index is 12.0. The lowest BCUT2D eigenvalue weighted by atomic mass is 9.73. The van der Waals surface area contributed by atoms with Gasteiger partial charge in [0.25, 0.3) is 0 Å². The molecule has 1 aliphatic rings. The van der Waals surface area contributed by atoms with Crippen molar-refractivity contribution >= 4 is 5.91 Å². The molecule has 1 heterocycles. The van der Waals surface area contributed by atoms with E-state index >= 15 is 0 Å². The Labute approximate surface area is 133 Å². The summed E-state index contributed by atoms with van der Waals surface area (Å²) < 4.78 is 11.1. The molecular weight excluding hydrogens is 278 g/mol. The van der Waals surface area contributed by atoms with Crippen LogP contribution in [0.3, 0.4) is 0 Å². The third-order valence-electron chi connectivity index (χ3n) is 4.51. The van der Waals surface area contributed by atoms with Crippen molar-refractivity contribution < 1.29 is 14.3 Å². The summed E-state index contributed by atoms with van der Waals surface area (Å²) in [6.07, 6.45) is 4.40. The summed E-state index contributed by atoms with van der Waals surface area (Å²) in [5.41, 5.74) is 1.09. The van der Waals surface area contributed by atoms with Crippen LogP contribution in [0.2, 0.25) is 0 Å². The van der Waals surface area contributed by atoms with Gasteiger partial charge in [0.15, 0.2) is 0 Å². The molecule has 4 heteroatoms. The Hall–Kier alpha value is -1.55. The number of ether oxygens (including phenoxy) is 2. The first kappa shape index (κ1) is 16.8. The molecule has 0 aliphatic carbocycles. The van der Waals surface area contributed by atoms with Gasteiger partial charge in [0.1, 0.15) is 5.75 Å². The van der Waals surface area contributed by atoms with Gasteiger partial charge in [-0.05, 0) is 25.3 Å². The fourth-order valence-electron chi connectivity index (χ4n) is 3.08. The highest BCUT2D eigenvalue weighted by atomic mass is 16.5. The summed E-state index contributed by atoms with van der Waals surface area (Å²) in [5.74, 6) is 1.04.